The van der Waals surface area contributed by atoms with Gasteiger partial charge in [0.15, 0.2) is 0 Å². The highest BCUT2D eigenvalue weighted by molar-refractivity contribution is 6.31. The van der Waals surface area contributed by atoms with E-state index in [2.05, 4.69) is 20.8 Å². The summed E-state index contributed by atoms with van der Waals surface area (Å²) in [5, 5.41) is 0.677. The fraction of sp³-hybridized carbons (Fsp3) is 0.538. The zero-order valence-electron chi connectivity index (χ0n) is 10.2. The van der Waals surface area contributed by atoms with Crippen LogP contribution in [0.25, 0.3) is 0 Å². The molecule has 0 heterocycles. The van der Waals surface area contributed by atoms with Gasteiger partial charge in [0.05, 0.1) is 6.61 Å². The van der Waals surface area contributed by atoms with Gasteiger partial charge in [0.2, 0.25) is 0 Å². The molecule has 0 aromatic heterocycles. The maximum absolute atomic E-state index is 6.04. The Labute approximate surface area is 103 Å². The molecule has 0 spiro atoms. The summed E-state index contributed by atoms with van der Waals surface area (Å²) in [4.78, 5) is 0. The van der Waals surface area contributed by atoms with Crippen LogP contribution in [0.15, 0.2) is 18.2 Å². The zero-order valence-corrected chi connectivity index (χ0v) is 11.0. The Bertz CT molecular complexity index is 344. The van der Waals surface area contributed by atoms with Gasteiger partial charge in [0, 0.05) is 11.6 Å². The van der Waals surface area contributed by atoms with Gasteiger partial charge in [-0.05, 0) is 29.5 Å². The SMILES string of the molecule is CC(C)(C)CCOc1ccc(CN)c(Cl)c1. The van der Waals surface area contributed by atoms with Crippen molar-refractivity contribution in [1.82, 2.24) is 0 Å². The second-order valence-electron chi connectivity index (χ2n) is 5.12. The fourth-order valence-electron chi connectivity index (χ4n) is 1.26. The van der Waals surface area contributed by atoms with Crippen molar-refractivity contribution in [2.24, 2.45) is 11.1 Å². The second kappa shape index (κ2) is 5.55. The topological polar surface area (TPSA) is 35.2 Å². The first-order chi connectivity index (χ1) is 7.42. The summed E-state index contributed by atoms with van der Waals surface area (Å²) < 4.78 is 5.64. The van der Waals surface area contributed by atoms with Crippen LogP contribution >= 0.6 is 11.6 Å². The minimum absolute atomic E-state index is 0.293. The van der Waals surface area contributed by atoms with Crippen molar-refractivity contribution in [2.45, 2.75) is 33.7 Å². The number of nitrogens with two attached hydrogens (primary N) is 1. The molecule has 0 saturated carbocycles. The number of rotatable bonds is 4. The molecule has 1 aromatic rings. The van der Waals surface area contributed by atoms with Gasteiger partial charge in [-0.1, -0.05) is 38.4 Å². The molecule has 1 aromatic carbocycles. The van der Waals surface area contributed by atoms with E-state index in [0.29, 0.717) is 23.6 Å². The summed E-state index contributed by atoms with van der Waals surface area (Å²) in [6, 6.07) is 5.65. The van der Waals surface area contributed by atoms with E-state index in [4.69, 9.17) is 22.1 Å². The van der Waals surface area contributed by atoms with Crippen molar-refractivity contribution in [3.8, 4) is 5.75 Å². The first-order valence-corrected chi connectivity index (χ1v) is 5.91. The normalized spacial score (nSPS) is 11.6. The Kier molecular flexibility index (Phi) is 4.63. The first kappa shape index (κ1) is 13.3. The summed E-state index contributed by atoms with van der Waals surface area (Å²) in [7, 11) is 0. The van der Waals surface area contributed by atoms with Gasteiger partial charge in [-0.25, -0.2) is 0 Å². The van der Waals surface area contributed by atoms with Crippen LogP contribution in [0.4, 0.5) is 0 Å². The third-order valence-corrected chi connectivity index (χ3v) is 2.72. The van der Waals surface area contributed by atoms with Crippen LogP contribution < -0.4 is 10.5 Å². The van der Waals surface area contributed by atoms with Crippen molar-refractivity contribution >= 4 is 11.6 Å². The van der Waals surface area contributed by atoms with Crippen molar-refractivity contribution in [3.63, 3.8) is 0 Å². The lowest BCUT2D eigenvalue weighted by Gasteiger charge is -2.18. The van der Waals surface area contributed by atoms with Gasteiger partial charge in [-0.3, -0.25) is 0 Å². The summed E-state index contributed by atoms with van der Waals surface area (Å²) in [6.45, 7) is 7.76. The fourth-order valence-corrected chi connectivity index (χ4v) is 1.51. The maximum atomic E-state index is 6.04. The number of benzene rings is 1. The summed E-state index contributed by atoms with van der Waals surface area (Å²) in [5.74, 6) is 0.812. The lowest BCUT2D eigenvalue weighted by molar-refractivity contribution is 0.243. The van der Waals surface area contributed by atoms with Crippen LogP contribution in [0.3, 0.4) is 0 Å². The Morgan fingerprint density at radius 2 is 2.00 bits per heavy atom. The van der Waals surface area contributed by atoms with E-state index in [1.54, 1.807) is 0 Å². The Hall–Kier alpha value is -0.730. The Morgan fingerprint density at radius 3 is 2.50 bits per heavy atom. The summed E-state index contributed by atoms with van der Waals surface area (Å²) in [5.41, 5.74) is 6.77. The van der Waals surface area contributed by atoms with E-state index < -0.39 is 0 Å². The standard InChI is InChI=1S/C13H20ClNO/c1-13(2,3)6-7-16-11-5-4-10(9-15)12(14)8-11/h4-5,8H,6-7,9,15H2,1-3H3. The Balaban J connectivity index is 2.52. The van der Waals surface area contributed by atoms with Crippen LogP contribution in [0.2, 0.25) is 5.02 Å². The van der Waals surface area contributed by atoms with E-state index in [9.17, 15) is 0 Å². The zero-order chi connectivity index (χ0) is 12.2. The molecule has 90 valence electrons. The van der Waals surface area contributed by atoms with E-state index >= 15 is 0 Å². The smallest absolute Gasteiger partial charge is 0.120 e. The summed E-state index contributed by atoms with van der Waals surface area (Å²) in [6.07, 6.45) is 1.02. The van der Waals surface area contributed by atoms with Gasteiger partial charge in [0.25, 0.3) is 0 Å². The molecule has 3 heteroatoms. The van der Waals surface area contributed by atoms with E-state index in [-0.39, 0.29) is 0 Å². The number of hydrogen-bond acceptors (Lipinski definition) is 2. The first-order valence-electron chi connectivity index (χ1n) is 5.54. The minimum atomic E-state index is 0.293. The molecule has 0 radical (unpaired) electrons. The quantitative estimate of drug-likeness (QED) is 0.874. The predicted molar refractivity (Wildman–Crippen MR) is 68.9 cm³/mol. The highest BCUT2D eigenvalue weighted by Gasteiger charge is 2.10. The highest BCUT2D eigenvalue weighted by Crippen LogP contribution is 2.24. The van der Waals surface area contributed by atoms with Crippen molar-refractivity contribution in [1.29, 1.82) is 0 Å². The molecule has 0 amide bonds. The van der Waals surface area contributed by atoms with Crippen LogP contribution in [-0.2, 0) is 6.54 Å². The molecule has 0 aliphatic carbocycles. The van der Waals surface area contributed by atoms with Crippen LogP contribution in [0.5, 0.6) is 5.75 Å². The molecule has 0 saturated heterocycles. The molecule has 0 aliphatic rings. The second-order valence-corrected chi connectivity index (χ2v) is 5.52. The third-order valence-electron chi connectivity index (χ3n) is 2.37. The number of halogens is 1. The molecule has 1 rings (SSSR count). The third kappa shape index (κ3) is 4.42. The molecule has 0 fully saturated rings. The highest BCUT2D eigenvalue weighted by atomic mass is 35.5. The van der Waals surface area contributed by atoms with E-state index in [1.807, 2.05) is 18.2 Å². The van der Waals surface area contributed by atoms with Crippen molar-refractivity contribution < 1.29 is 4.74 Å². The number of hydrogen-bond donors (Lipinski definition) is 1. The van der Waals surface area contributed by atoms with Gasteiger partial charge in [0.1, 0.15) is 5.75 Å². The molecular weight excluding hydrogens is 222 g/mol. The maximum Gasteiger partial charge on any atom is 0.120 e. The average molecular weight is 242 g/mol. The molecule has 0 aliphatic heterocycles. The molecule has 0 unspecified atom stereocenters. The van der Waals surface area contributed by atoms with E-state index in [0.717, 1.165) is 17.7 Å². The van der Waals surface area contributed by atoms with Crippen LogP contribution in [0.1, 0.15) is 32.8 Å². The largest absolute Gasteiger partial charge is 0.494 e. The van der Waals surface area contributed by atoms with Gasteiger partial charge in [-0.2, -0.15) is 0 Å². The molecule has 16 heavy (non-hydrogen) atoms. The van der Waals surface area contributed by atoms with E-state index in [1.165, 1.54) is 0 Å². The van der Waals surface area contributed by atoms with Crippen LogP contribution in [0, 0.1) is 5.41 Å². The monoisotopic (exact) mass is 241 g/mol. The molecule has 0 bridgehead atoms. The van der Waals surface area contributed by atoms with Gasteiger partial charge < -0.3 is 10.5 Å². The summed E-state index contributed by atoms with van der Waals surface area (Å²) >= 11 is 6.04. The minimum Gasteiger partial charge on any atom is -0.494 e. The lowest BCUT2D eigenvalue weighted by atomic mass is 9.93. The number of ether oxygens (including phenoxy) is 1. The van der Waals surface area contributed by atoms with Crippen LogP contribution in [-0.4, -0.2) is 6.61 Å². The average Bonchev–Trinajstić information content (AvgIpc) is 2.16. The lowest BCUT2D eigenvalue weighted by Crippen LogP contribution is -2.11. The van der Waals surface area contributed by atoms with Gasteiger partial charge >= 0.3 is 0 Å². The molecule has 2 N–H and O–H groups in total. The molecular formula is C13H20ClNO. The van der Waals surface area contributed by atoms with Gasteiger partial charge in [-0.15, -0.1) is 0 Å². The molecule has 0 atom stereocenters. The molecule has 2 nitrogen and oxygen atoms in total. The van der Waals surface area contributed by atoms with Crippen molar-refractivity contribution in [2.75, 3.05) is 6.61 Å². The predicted octanol–water partition coefficient (Wildman–Crippen LogP) is 3.61. The Morgan fingerprint density at radius 1 is 1.31 bits per heavy atom. The van der Waals surface area contributed by atoms with Crippen molar-refractivity contribution in [3.05, 3.63) is 28.8 Å².